The Kier molecular flexibility index (Phi) is 3.86. The van der Waals surface area contributed by atoms with Gasteiger partial charge in [-0.05, 0) is 45.6 Å². The van der Waals surface area contributed by atoms with E-state index in [9.17, 15) is 4.79 Å². The van der Waals surface area contributed by atoms with Gasteiger partial charge in [0.25, 0.3) is 0 Å². The number of halogens is 2. The van der Waals surface area contributed by atoms with E-state index in [1.807, 2.05) is 11.4 Å². The minimum absolute atomic E-state index is 0.0450. The molecule has 0 aliphatic rings. The van der Waals surface area contributed by atoms with E-state index >= 15 is 0 Å². The fourth-order valence-corrected chi connectivity index (χ4v) is 3.17. The standard InChI is InChI=1S/C12H8BrClO2S/c1-16-10-3-2-7(6-9(10)14)11(15)12-8(13)4-5-17-12/h2-6H,1H3. The molecule has 0 atom stereocenters. The predicted molar refractivity (Wildman–Crippen MR) is 73.5 cm³/mol. The Morgan fingerprint density at radius 3 is 2.71 bits per heavy atom. The summed E-state index contributed by atoms with van der Waals surface area (Å²) in [6.45, 7) is 0. The summed E-state index contributed by atoms with van der Waals surface area (Å²) >= 11 is 10.7. The molecule has 0 radical (unpaired) electrons. The molecule has 0 saturated heterocycles. The van der Waals surface area contributed by atoms with Crippen molar-refractivity contribution in [2.45, 2.75) is 0 Å². The highest BCUT2D eigenvalue weighted by molar-refractivity contribution is 9.10. The number of ether oxygens (including phenoxy) is 1. The van der Waals surface area contributed by atoms with E-state index in [0.29, 0.717) is 21.2 Å². The summed E-state index contributed by atoms with van der Waals surface area (Å²) in [5, 5.41) is 2.30. The Morgan fingerprint density at radius 2 is 2.18 bits per heavy atom. The zero-order valence-corrected chi connectivity index (χ0v) is 12.0. The van der Waals surface area contributed by atoms with Crippen molar-refractivity contribution in [3.63, 3.8) is 0 Å². The van der Waals surface area contributed by atoms with Gasteiger partial charge >= 0.3 is 0 Å². The Labute approximate surface area is 116 Å². The number of rotatable bonds is 3. The van der Waals surface area contributed by atoms with Crippen LogP contribution in [0.4, 0.5) is 0 Å². The molecule has 2 nitrogen and oxygen atoms in total. The van der Waals surface area contributed by atoms with Crippen LogP contribution < -0.4 is 4.74 Å². The quantitative estimate of drug-likeness (QED) is 0.779. The van der Waals surface area contributed by atoms with Crippen molar-refractivity contribution in [3.8, 4) is 5.75 Å². The first-order valence-corrected chi connectivity index (χ1v) is 6.79. The molecule has 88 valence electrons. The number of carbonyl (C=O) groups excluding carboxylic acids is 1. The van der Waals surface area contributed by atoms with Gasteiger partial charge in [-0.1, -0.05) is 11.6 Å². The zero-order valence-electron chi connectivity index (χ0n) is 8.87. The first kappa shape index (κ1) is 12.6. The van der Waals surface area contributed by atoms with Crippen molar-refractivity contribution in [1.29, 1.82) is 0 Å². The molecule has 0 N–H and O–H groups in total. The third-order valence-electron chi connectivity index (χ3n) is 2.24. The van der Waals surface area contributed by atoms with E-state index in [-0.39, 0.29) is 5.78 Å². The topological polar surface area (TPSA) is 26.3 Å². The first-order chi connectivity index (χ1) is 8.13. The second kappa shape index (κ2) is 5.21. The van der Waals surface area contributed by atoms with Gasteiger partial charge in [-0.2, -0.15) is 0 Å². The fourth-order valence-electron chi connectivity index (χ4n) is 1.39. The SMILES string of the molecule is COc1ccc(C(=O)c2sccc2Br)cc1Cl. The first-order valence-electron chi connectivity index (χ1n) is 4.74. The van der Waals surface area contributed by atoms with Crippen LogP contribution >= 0.6 is 38.9 Å². The summed E-state index contributed by atoms with van der Waals surface area (Å²) in [6, 6.07) is 6.87. The molecule has 1 aromatic heterocycles. The third kappa shape index (κ3) is 2.54. The summed E-state index contributed by atoms with van der Waals surface area (Å²) in [4.78, 5) is 12.8. The predicted octanol–water partition coefficient (Wildman–Crippen LogP) is 4.40. The van der Waals surface area contributed by atoms with E-state index in [2.05, 4.69) is 15.9 Å². The number of methoxy groups -OCH3 is 1. The number of hydrogen-bond acceptors (Lipinski definition) is 3. The van der Waals surface area contributed by atoms with Gasteiger partial charge in [0.05, 0.1) is 17.0 Å². The molecule has 0 spiro atoms. The van der Waals surface area contributed by atoms with Crippen LogP contribution in [0.2, 0.25) is 5.02 Å². The molecule has 1 heterocycles. The average Bonchev–Trinajstić information content (AvgIpc) is 2.74. The van der Waals surface area contributed by atoms with Gasteiger partial charge in [0, 0.05) is 10.0 Å². The lowest BCUT2D eigenvalue weighted by atomic mass is 10.1. The minimum atomic E-state index is -0.0450. The molecule has 5 heteroatoms. The van der Waals surface area contributed by atoms with Crippen LogP contribution in [0.5, 0.6) is 5.75 Å². The van der Waals surface area contributed by atoms with Gasteiger partial charge in [-0.25, -0.2) is 0 Å². The lowest BCUT2D eigenvalue weighted by molar-refractivity contribution is 0.104. The Balaban J connectivity index is 2.39. The number of carbonyl (C=O) groups is 1. The highest BCUT2D eigenvalue weighted by Crippen LogP contribution is 2.29. The number of benzene rings is 1. The molecule has 0 aliphatic heterocycles. The maximum Gasteiger partial charge on any atom is 0.204 e. The smallest absolute Gasteiger partial charge is 0.204 e. The van der Waals surface area contributed by atoms with Gasteiger partial charge in [-0.3, -0.25) is 4.79 Å². The molecule has 0 bridgehead atoms. The van der Waals surface area contributed by atoms with Crippen molar-refractivity contribution in [2.24, 2.45) is 0 Å². The number of ketones is 1. The van der Waals surface area contributed by atoms with Gasteiger partial charge in [0.2, 0.25) is 5.78 Å². The molecule has 1 aromatic carbocycles. The second-order valence-electron chi connectivity index (χ2n) is 3.28. The number of hydrogen-bond donors (Lipinski definition) is 0. The van der Waals surface area contributed by atoms with Crippen molar-refractivity contribution < 1.29 is 9.53 Å². The Hall–Kier alpha value is -0.840. The third-order valence-corrected chi connectivity index (χ3v) is 4.37. The monoisotopic (exact) mass is 330 g/mol. The minimum Gasteiger partial charge on any atom is -0.495 e. The lowest BCUT2D eigenvalue weighted by Gasteiger charge is -2.04. The van der Waals surface area contributed by atoms with Gasteiger partial charge in [0.1, 0.15) is 5.75 Å². The largest absolute Gasteiger partial charge is 0.495 e. The molecule has 0 saturated carbocycles. The van der Waals surface area contributed by atoms with E-state index in [1.165, 1.54) is 11.3 Å². The van der Waals surface area contributed by atoms with E-state index in [0.717, 1.165) is 4.47 Å². The summed E-state index contributed by atoms with van der Waals surface area (Å²) in [7, 11) is 1.54. The van der Waals surface area contributed by atoms with Crippen molar-refractivity contribution in [3.05, 3.63) is 49.6 Å². The Bertz CT molecular complexity index is 565. The van der Waals surface area contributed by atoms with Crippen LogP contribution in [-0.4, -0.2) is 12.9 Å². The summed E-state index contributed by atoms with van der Waals surface area (Å²) < 4.78 is 5.85. The molecule has 0 unspecified atom stereocenters. The molecule has 0 fully saturated rings. The molecule has 2 aromatic rings. The molecular formula is C12H8BrClO2S. The van der Waals surface area contributed by atoms with Crippen LogP contribution in [0.15, 0.2) is 34.1 Å². The average molecular weight is 332 g/mol. The maximum absolute atomic E-state index is 12.2. The fraction of sp³-hybridized carbons (Fsp3) is 0.0833. The van der Waals surface area contributed by atoms with Crippen molar-refractivity contribution in [1.82, 2.24) is 0 Å². The van der Waals surface area contributed by atoms with Gasteiger partial charge in [-0.15, -0.1) is 11.3 Å². The normalized spacial score (nSPS) is 10.3. The molecule has 17 heavy (non-hydrogen) atoms. The molecule has 0 amide bonds. The van der Waals surface area contributed by atoms with E-state index < -0.39 is 0 Å². The zero-order chi connectivity index (χ0) is 12.4. The van der Waals surface area contributed by atoms with Crippen molar-refractivity contribution in [2.75, 3.05) is 7.11 Å². The van der Waals surface area contributed by atoms with E-state index in [1.54, 1.807) is 25.3 Å². The van der Waals surface area contributed by atoms with Crippen LogP contribution in [0.25, 0.3) is 0 Å². The summed E-state index contributed by atoms with van der Waals surface area (Å²) in [5.41, 5.74) is 0.555. The molecule has 0 aliphatic carbocycles. The molecule has 2 rings (SSSR count). The number of thiophene rings is 1. The highest BCUT2D eigenvalue weighted by Gasteiger charge is 2.15. The maximum atomic E-state index is 12.2. The second-order valence-corrected chi connectivity index (χ2v) is 5.45. The Morgan fingerprint density at radius 1 is 1.41 bits per heavy atom. The van der Waals surface area contributed by atoms with Crippen LogP contribution in [0, 0.1) is 0 Å². The molecular weight excluding hydrogens is 324 g/mol. The van der Waals surface area contributed by atoms with Crippen LogP contribution in [-0.2, 0) is 0 Å². The van der Waals surface area contributed by atoms with Gasteiger partial charge in [0.15, 0.2) is 0 Å². The van der Waals surface area contributed by atoms with E-state index in [4.69, 9.17) is 16.3 Å². The van der Waals surface area contributed by atoms with Crippen molar-refractivity contribution >= 4 is 44.7 Å². The van der Waals surface area contributed by atoms with Crippen LogP contribution in [0.1, 0.15) is 15.2 Å². The summed E-state index contributed by atoms with van der Waals surface area (Å²) in [6.07, 6.45) is 0. The lowest BCUT2D eigenvalue weighted by Crippen LogP contribution is -1.99. The summed E-state index contributed by atoms with van der Waals surface area (Å²) in [5.74, 6) is 0.518. The highest BCUT2D eigenvalue weighted by atomic mass is 79.9. The van der Waals surface area contributed by atoms with Gasteiger partial charge < -0.3 is 4.74 Å². The van der Waals surface area contributed by atoms with Crippen LogP contribution in [0.3, 0.4) is 0 Å².